The van der Waals surface area contributed by atoms with E-state index in [0.717, 1.165) is 10.0 Å². The minimum Gasteiger partial charge on any atom is -0.302 e. The van der Waals surface area contributed by atoms with Gasteiger partial charge in [-0.15, -0.1) is 11.3 Å². The third-order valence-electron chi connectivity index (χ3n) is 1.88. The Bertz CT molecular complexity index is 342. The molecule has 1 aromatic rings. The fourth-order valence-corrected chi connectivity index (χ4v) is 2.71. The van der Waals surface area contributed by atoms with E-state index in [1.54, 1.807) is 30.1 Å². The highest BCUT2D eigenvalue weighted by atomic mass is 32.2. The van der Waals surface area contributed by atoms with Crippen LogP contribution in [0.2, 0.25) is 0 Å². The molecule has 0 fully saturated rings. The van der Waals surface area contributed by atoms with E-state index in [1.807, 2.05) is 19.2 Å². The second-order valence-corrected chi connectivity index (χ2v) is 5.32. The molecule has 14 heavy (non-hydrogen) atoms. The molecule has 5 heteroatoms. The SMILES string of the molecule is CNC(C)(C#N)CSc1nc(C)cs1. The van der Waals surface area contributed by atoms with E-state index in [1.165, 1.54) is 0 Å². The van der Waals surface area contributed by atoms with Crippen LogP contribution in [0.1, 0.15) is 12.6 Å². The number of aromatic nitrogens is 1. The molecule has 1 unspecified atom stereocenters. The monoisotopic (exact) mass is 227 g/mol. The fraction of sp³-hybridized carbons (Fsp3) is 0.556. The summed E-state index contributed by atoms with van der Waals surface area (Å²) in [4.78, 5) is 4.33. The molecule has 0 radical (unpaired) electrons. The smallest absolute Gasteiger partial charge is 0.150 e. The van der Waals surface area contributed by atoms with Crippen LogP contribution in [0.15, 0.2) is 9.72 Å². The maximum Gasteiger partial charge on any atom is 0.150 e. The maximum absolute atomic E-state index is 8.93. The van der Waals surface area contributed by atoms with E-state index < -0.39 is 5.54 Å². The van der Waals surface area contributed by atoms with Crippen molar-refractivity contribution in [1.29, 1.82) is 5.26 Å². The van der Waals surface area contributed by atoms with Gasteiger partial charge in [0.05, 0.1) is 6.07 Å². The van der Waals surface area contributed by atoms with E-state index >= 15 is 0 Å². The minimum absolute atomic E-state index is 0.468. The van der Waals surface area contributed by atoms with Gasteiger partial charge in [0, 0.05) is 16.8 Å². The first-order valence-corrected chi connectivity index (χ1v) is 6.11. The maximum atomic E-state index is 8.93. The lowest BCUT2D eigenvalue weighted by atomic mass is 10.1. The van der Waals surface area contributed by atoms with Crippen LogP contribution in [-0.2, 0) is 0 Å². The van der Waals surface area contributed by atoms with E-state index in [9.17, 15) is 0 Å². The van der Waals surface area contributed by atoms with Crippen LogP contribution in [0.4, 0.5) is 0 Å². The number of rotatable bonds is 4. The van der Waals surface area contributed by atoms with Crippen molar-refractivity contribution in [3.05, 3.63) is 11.1 Å². The average Bonchev–Trinajstić information content (AvgIpc) is 2.61. The first kappa shape index (κ1) is 11.5. The molecular weight excluding hydrogens is 214 g/mol. The van der Waals surface area contributed by atoms with Gasteiger partial charge in [-0.1, -0.05) is 11.8 Å². The van der Waals surface area contributed by atoms with Gasteiger partial charge >= 0.3 is 0 Å². The van der Waals surface area contributed by atoms with Gasteiger partial charge in [-0.3, -0.25) is 0 Å². The summed E-state index contributed by atoms with van der Waals surface area (Å²) in [6.07, 6.45) is 0. The first-order chi connectivity index (χ1) is 6.59. The average molecular weight is 227 g/mol. The number of hydrogen-bond acceptors (Lipinski definition) is 5. The predicted octanol–water partition coefficient (Wildman–Crippen LogP) is 2.05. The van der Waals surface area contributed by atoms with Gasteiger partial charge in [0.2, 0.25) is 0 Å². The molecule has 1 rings (SSSR count). The molecule has 0 aromatic carbocycles. The lowest BCUT2D eigenvalue weighted by Crippen LogP contribution is -2.40. The number of aryl methyl sites for hydroxylation is 1. The predicted molar refractivity (Wildman–Crippen MR) is 60.7 cm³/mol. The third-order valence-corrected chi connectivity index (χ3v) is 4.33. The van der Waals surface area contributed by atoms with Crippen LogP contribution < -0.4 is 5.32 Å². The molecule has 76 valence electrons. The van der Waals surface area contributed by atoms with Gasteiger partial charge in [-0.2, -0.15) is 5.26 Å². The summed E-state index contributed by atoms with van der Waals surface area (Å²) in [5, 5.41) is 13.9. The summed E-state index contributed by atoms with van der Waals surface area (Å²) >= 11 is 3.25. The van der Waals surface area contributed by atoms with Crippen LogP contribution in [0, 0.1) is 18.3 Å². The molecule has 0 spiro atoms. The third kappa shape index (κ3) is 2.98. The molecule has 1 atom stereocenters. The zero-order valence-corrected chi connectivity index (χ0v) is 10.1. The van der Waals surface area contributed by atoms with E-state index in [-0.39, 0.29) is 0 Å². The van der Waals surface area contributed by atoms with Gasteiger partial charge in [0.15, 0.2) is 0 Å². The standard InChI is InChI=1S/C9H13N3S2/c1-7-4-13-8(12-7)14-6-9(2,5-10)11-3/h4,11H,6H2,1-3H3. The van der Waals surface area contributed by atoms with Crippen LogP contribution in [0.5, 0.6) is 0 Å². The second-order valence-electron chi connectivity index (χ2n) is 3.24. The van der Waals surface area contributed by atoms with Crippen LogP contribution >= 0.6 is 23.1 Å². The Kier molecular flexibility index (Phi) is 3.93. The van der Waals surface area contributed by atoms with Crippen molar-refractivity contribution in [2.45, 2.75) is 23.7 Å². The Hall–Kier alpha value is -0.570. The molecule has 0 bridgehead atoms. The normalized spacial score (nSPS) is 14.7. The number of nitriles is 1. The molecule has 1 aromatic heterocycles. The van der Waals surface area contributed by atoms with Crippen LogP contribution in [0.3, 0.4) is 0 Å². The zero-order chi connectivity index (χ0) is 10.6. The van der Waals surface area contributed by atoms with Crippen LogP contribution in [-0.4, -0.2) is 23.3 Å². The topological polar surface area (TPSA) is 48.7 Å². The molecule has 0 saturated heterocycles. The Morgan fingerprint density at radius 1 is 1.79 bits per heavy atom. The van der Waals surface area contributed by atoms with Crippen molar-refractivity contribution in [1.82, 2.24) is 10.3 Å². The molecular formula is C9H13N3S2. The van der Waals surface area contributed by atoms with Crippen molar-refractivity contribution < 1.29 is 0 Å². The molecule has 0 aliphatic heterocycles. The van der Waals surface area contributed by atoms with Crippen molar-refractivity contribution in [3.63, 3.8) is 0 Å². The summed E-state index contributed by atoms with van der Waals surface area (Å²) < 4.78 is 1.03. The number of nitrogens with zero attached hydrogens (tertiary/aromatic N) is 2. The summed E-state index contributed by atoms with van der Waals surface area (Å²) in [6.45, 7) is 3.86. The highest BCUT2D eigenvalue weighted by molar-refractivity contribution is 8.01. The lowest BCUT2D eigenvalue weighted by Gasteiger charge is -2.18. The van der Waals surface area contributed by atoms with Crippen molar-refractivity contribution >= 4 is 23.1 Å². The molecule has 0 amide bonds. The summed E-state index contributed by atoms with van der Waals surface area (Å²) in [7, 11) is 1.80. The molecule has 0 aliphatic rings. The first-order valence-electron chi connectivity index (χ1n) is 4.25. The van der Waals surface area contributed by atoms with Crippen molar-refractivity contribution in [2.24, 2.45) is 0 Å². The number of nitrogens with one attached hydrogen (secondary N) is 1. The van der Waals surface area contributed by atoms with E-state index in [0.29, 0.717) is 5.75 Å². The Morgan fingerprint density at radius 2 is 2.50 bits per heavy atom. The minimum atomic E-state index is -0.468. The highest BCUT2D eigenvalue weighted by Gasteiger charge is 2.21. The Morgan fingerprint density at radius 3 is 2.93 bits per heavy atom. The highest BCUT2D eigenvalue weighted by Crippen LogP contribution is 2.25. The van der Waals surface area contributed by atoms with E-state index in [4.69, 9.17) is 5.26 Å². The van der Waals surface area contributed by atoms with Crippen molar-refractivity contribution in [2.75, 3.05) is 12.8 Å². The van der Waals surface area contributed by atoms with Crippen molar-refractivity contribution in [3.8, 4) is 6.07 Å². The van der Waals surface area contributed by atoms with Crippen LogP contribution in [0.25, 0.3) is 0 Å². The van der Waals surface area contributed by atoms with Gasteiger partial charge in [0.25, 0.3) is 0 Å². The quantitative estimate of drug-likeness (QED) is 0.800. The fourth-order valence-electron chi connectivity index (χ4n) is 0.765. The Balaban J connectivity index is 2.52. The van der Waals surface area contributed by atoms with Gasteiger partial charge in [-0.05, 0) is 20.9 Å². The molecule has 1 N–H and O–H groups in total. The Labute approximate surface area is 92.5 Å². The summed E-state index contributed by atoms with van der Waals surface area (Å²) in [5.41, 5.74) is 0.574. The van der Waals surface area contributed by atoms with E-state index in [2.05, 4.69) is 16.4 Å². The molecule has 0 aliphatic carbocycles. The largest absolute Gasteiger partial charge is 0.302 e. The molecule has 3 nitrogen and oxygen atoms in total. The number of hydrogen-bond donors (Lipinski definition) is 1. The molecule has 1 heterocycles. The summed E-state index contributed by atoms with van der Waals surface area (Å²) in [5.74, 6) is 0.715. The zero-order valence-electron chi connectivity index (χ0n) is 8.50. The summed E-state index contributed by atoms with van der Waals surface area (Å²) in [6, 6.07) is 2.25. The number of thiazole rings is 1. The molecule has 0 saturated carbocycles. The van der Waals surface area contributed by atoms with Gasteiger partial charge in [-0.25, -0.2) is 4.98 Å². The number of thioether (sulfide) groups is 1. The van der Waals surface area contributed by atoms with Gasteiger partial charge in [0.1, 0.15) is 9.88 Å². The second kappa shape index (κ2) is 4.78. The van der Waals surface area contributed by atoms with Gasteiger partial charge < -0.3 is 5.32 Å². The lowest BCUT2D eigenvalue weighted by molar-refractivity contribution is 0.550.